The molecule has 5 heteroatoms. The van der Waals surface area contributed by atoms with Crippen LogP contribution in [0.4, 0.5) is 4.79 Å². The van der Waals surface area contributed by atoms with E-state index in [1.807, 2.05) is 20.8 Å². The Hall–Kier alpha value is -1.23. The van der Waals surface area contributed by atoms with Crippen LogP contribution >= 0.6 is 0 Å². The number of nitrogens with zero attached hydrogens (tertiary/aromatic N) is 1. The normalized spacial score (nSPS) is 23.1. The van der Waals surface area contributed by atoms with Crippen LogP contribution in [-0.4, -0.2) is 47.0 Å². The summed E-state index contributed by atoms with van der Waals surface area (Å²) < 4.78 is 10.9. The Labute approximate surface area is 107 Å². The summed E-state index contributed by atoms with van der Waals surface area (Å²) in [5.74, 6) is 0.292. The van der Waals surface area contributed by atoms with Gasteiger partial charge in [-0.25, -0.2) is 4.79 Å². The predicted molar refractivity (Wildman–Crippen MR) is 66.4 cm³/mol. The fraction of sp³-hybridized carbons (Fsp3) is 0.769. The van der Waals surface area contributed by atoms with Crippen LogP contribution < -0.4 is 0 Å². The zero-order chi connectivity index (χ0) is 13.4. The van der Waals surface area contributed by atoms with Crippen molar-refractivity contribution in [3.8, 4) is 0 Å². The number of aliphatic hydroxyl groups is 1. The Kier molecular flexibility index (Phi) is 3.27. The molecule has 0 bridgehead atoms. The summed E-state index contributed by atoms with van der Waals surface area (Å²) in [4.78, 5) is 13.6. The van der Waals surface area contributed by atoms with Crippen molar-refractivity contribution < 1.29 is 19.4 Å². The molecule has 0 aliphatic carbocycles. The van der Waals surface area contributed by atoms with Crippen molar-refractivity contribution in [2.75, 3.05) is 19.7 Å². The van der Waals surface area contributed by atoms with Crippen LogP contribution in [0.5, 0.6) is 0 Å². The molecule has 0 aromatic rings. The molecule has 1 fully saturated rings. The SMILES string of the molecule is CC(C)(C)OC(=O)N1CCC2(C=C(O)CO2)CC1. The van der Waals surface area contributed by atoms with Gasteiger partial charge in [0.05, 0.1) is 5.60 Å². The summed E-state index contributed by atoms with van der Waals surface area (Å²) in [5.41, 5.74) is -0.836. The lowest BCUT2D eigenvalue weighted by molar-refractivity contribution is -0.0353. The summed E-state index contributed by atoms with van der Waals surface area (Å²) in [5, 5.41) is 9.41. The van der Waals surface area contributed by atoms with E-state index in [1.54, 1.807) is 11.0 Å². The molecule has 18 heavy (non-hydrogen) atoms. The summed E-state index contributed by atoms with van der Waals surface area (Å²) in [7, 11) is 0. The lowest BCUT2D eigenvalue weighted by Crippen LogP contribution is -2.47. The van der Waals surface area contributed by atoms with Gasteiger partial charge in [0.2, 0.25) is 0 Å². The number of amides is 1. The Morgan fingerprint density at radius 1 is 1.44 bits per heavy atom. The lowest BCUT2D eigenvalue weighted by atomic mass is 9.92. The molecule has 1 amide bonds. The van der Waals surface area contributed by atoms with Crippen LogP contribution in [0.25, 0.3) is 0 Å². The quantitative estimate of drug-likeness (QED) is 0.721. The average molecular weight is 255 g/mol. The second-order valence-corrected chi connectivity index (χ2v) is 5.96. The van der Waals surface area contributed by atoms with Crippen molar-refractivity contribution in [2.45, 2.75) is 44.8 Å². The van der Waals surface area contributed by atoms with E-state index in [9.17, 15) is 9.90 Å². The van der Waals surface area contributed by atoms with Gasteiger partial charge in [-0.3, -0.25) is 0 Å². The van der Waals surface area contributed by atoms with Crippen molar-refractivity contribution in [2.24, 2.45) is 0 Å². The van der Waals surface area contributed by atoms with Gasteiger partial charge in [0.25, 0.3) is 0 Å². The van der Waals surface area contributed by atoms with Gasteiger partial charge in [0.1, 0.15) is 18.0 Å². The molecule has 0 aromatic carbocycles. The minimum Gasteiger partial charge on any atom is -0.510 e. The summed E-state index contributed by atoms with van der Waals surface area (Å²) in [6.07, 6.45) is 2.91. The largest absolute Gasteiger partial charge is 0.510 e. The third-order valence-electron chi connectivity index (χ3n) is 3.20. The minimum atomic E-state index is -0.464. The van der Waals surface area contributed by atoms with Crippen LogP contribution in [0.2, 0.25) is 0 Å². The highest BCUT2D eigenvalue weighted by atomic mass is 16.6. The van der Waals surface area contributed by atoms with Crippen molar-refractivity contribution in [1.82, 2.24) is 4.90 Å². The fourth-order valence-electron chi connectivity index (χ4n) is 2.29. The smallest absolute Gasteiger partial charge is 0.410 e. The van der Waals surface area contributed by atoms with Gasteiger partial charge < -0.3 is 19.5 Å². The Bertz CT molecular complexity index is 362. The first-order valence-electron chi connectivity index (χ1n) is 6.32. The van der Waals surface area contributed by atoms with E-state index in [1.165, 1.54) is 0 Å². The van der Waals surface area contributed by atoms with E-state index in [2.05, 4.69) is 0 Å². The monoisotopic (exact) mass is 255 g/mol. The number of likely N-dealkylation sites (tertiary alicyclic amines) is 1. The number of hydrogen-bond acceptors (Lipinski definition) is 4. The molecule has 2 aliphatic heterocycles. The molecule has 2 heterocycles. The fourth-order valence-corrected chi connectivity index (χ4v) is 2.29. The zero-order valence-corrected chi connectivity index (χ0v) is 11.2. The van der Waals surface area contributed by atoms with E-state index in [0.717, 1.165) is 0 Å². The molecule has 0 aromatic heterocycles. The Morgan fingerprint density at radius 2 is 2.06 bits per heavy atom. The van der Waals surface area contributed by atoms with Crippen molar-refractivity contribution >= 4 is 6.09 Å². The first-order valence-corrected chi connectivity index (χ1v) is 6.32. The van der Waals surface area contributed by atoms with Crippen molar-refractivity contribution in [1.29, 1.82) is 0 Å². The van der Waals surface area contributed by atoms with E-state index in [4.69, 9.17) is 9.47 Å². The van der Waals surface area contributed by atoms with Gasteiger partial charge in [-0.05, 0) is 39.7 Å². The Morgan fingerprint density at radius 3 is 2.50 bits per heavy atom. The number of ether oxygens (including phenoxy) is 2. The van der Waals surface area contributed by atoms with Gasteiger partial charge >= 0.3 is 6.09 Å². The average Bonchev–Trinajstić information content (AvgIpc) is 2.58. The third kappa shape index (κ3) is 2.96. The van der Waals surface area contributed by atoms with Gasteiger partial charge in [-0.15, -0.1) is 0 Å². The number of hydrogen-bond donors (Lipinski definition) is 1. The standard InChI is InChI=1S/C13H21NO4/c1-12(2,3)18-11(16)14-6-4-13(5-7-14)8-10(15)9-17-13/h8,15H,4-7,9H2,1-3H3. The van der Waals surface area contributed by atoms with Crippen LogP contribution in [0, 0.1) is 0 Å². The lowest BCUT2D eigenvalue weighted by Gasteiger charge is -2.37. The topological polar surface area (TPSA) is 59.0 Å². The van der Waals surface area contributed by atoms with E-state index in [-0.39, 0.29) is 18.3 Å². The number of rotatable bonds is 0. The maximum atomic E-state index is 11.9. The molecule has 0 unspecified atom stereocenters. The molecule has 0 saturated carbocycles. The van der Waals surface area contributed by atoms with Gasteiger partial charge in [0.15, 0.2) is 0 Å². The van der Waals surface area contributed by atoms with Gasteiger partial charge in [0, 0.05) is 13.1 Å². The maximum Gasteiger partial charge on any atom is 0.410 e. The molecule has 5 nitrogen and oxygen atoms in total. The first kappa shape index (κ1) is 13.2. The maximum absolute atomic E-state index is 11.9. The number of piperidine rings is 1. The molecule has 1 N–H and O–H groups in total. The second-order valence-electron chi connectivity index (χ2n) is 5.96. The molecule has 1 spiro atoms. The molecular formula is C13H21NO4. The molecule has 1 saturated heterocycles. The highest BCUT2D eigenvalue weighted by Gasteiger charge is 2.39. The number of carbonyl (C=O) groups is 1. The highest BCUT2D eigenvalue weighted by molar-refractivity contribution is 5.68. The van der Waals surface area contributed by atoms with Crippen LogP contribution in [0.3, 0.4) is 0 Å². The van der Waals surface area contributed by atoms with Gasteiger partial charge in [-0.1, -0.05) is 0 Å². The summed E-state index contributed by atoms with van der Waals surface area (Å²) in [6, 6.07) is 0. The molecule has 0 radical (unpaired) electrons. The predicted octanol–water partition coefficient (Wildman–Crippen LogP) is 2.23. The molecule has 2 rings (SSSR count). The first-order chi connectivity index (χ1) is 8.30. The summed E-state index contributed by atoms with van der Waals surface area (Å²) in [6.45, 7) is 7.05. The highest BCUT2D eigenvalue weighted by Crippen LogP contribution is 2.33. The third-order valence-corrected chi connectivity index (χ3v) is 3.20. The Balaban J connectivity index is 1.89. The molecular weight excluding hydrogens is 234 g/mol. The van der Waals surface area contributed by atoms with Crippen LogP contribution in [0.1, 0.15) is 33.6 Å². The van der Waals surface area contributed by atoms with E-state index >= 15 is 0 Å². The van der Waals surface area contributed by atoms with Crippen molar-refractivity contribution in [3.63, 3.8) is 0 Å². The van der Waals surface area contributed by atoms with Crippen LogP contribution in [-0.2, 0) is 9.47 Å². The van der Waals surface area contributed by atoms with Gasteiger partial charge in [-0.2, -0.15) is 0 Å². The van der Waals surface area contributed by atoms with Crippen molar-refractivity contribution in [3.05, 3.63) is 11.8 Å². The zero-order valence-electron chi connectivity index (χ0n) is 11.2. The molecule has 0 atom stereocenters. The second kappa shape index (κ2) is 4.46. The number of aliphatic hydroxyl groups excluding tert-OH is 1. The van der Waals surface area contributed by atoms with E-state index in [0.29, 0.717) is 31.7 Å². The van der Waals surface area contributed by atoms with E-state index < -0.39 is 5.60 Å². The molecule has 102 valence electrons. The number of carbonyl (C=O) groups excluding carboxylic acids is 1. The van der Waals surface area contributed by atoms with Crippen LogP contribution in [0.15, 0.2) is 11.8 Å². The molecule has 2 aliphatic rings. The summed E-state index contributed by atoms with van der Waals surface area (Å²) >= 11 is 0. The minimum absolute atomic E-state index is 0.274.